The minimum absolute atomic E-state index is 0.0525. The molecule has 0 heterocycles. The minimum atomic E-state index is -0.116. The van der Waals surface area contributed by atoms with Gasteiger partial charge in [-0.05, 0) is 60.9 Å². The number of nitrogens with one attached hydrogen (secondary N) is 2. The quantitative estimate of drug-likeness (QED) is 0.509. The van der Waals surface area contributed by atoms with Crippen molar-refractivity contribution in [1.29, 1.82) is 0 Å². The Morgan fingerprint density at radius 3 is 2.16 bits per heavy atom. The minimum Gasteiger partial charge on any atom is -0.376 e. The van der Waals surface area contributed by atoms with E-state index in [2.05, 4.69) is 24.5 Å². The summed E-state index contributed by atoms with van der Waals surface area (Å²) in [6.07, 6.45) is 0. The maximum absolute atomic E-state index is 12.9. The Bertz CT molecular complexity index is 1010. The van der Waals surface area contributed by atoms with Crippen LogP contribution >= 0.6 is 0 Å². The van der Waals surface area contributed by atoms with Gasteiger partial charge < -0.3 is 15.5 Å². The molecule has 160 valence electrons. The fourth-order valence-electron chi connectivity index (χ4n) is 3.43. The molecule has 0 bridgehead atoms. The van der Waals surface area contributed by atoms with Gasteiger partial charge in [0.1, 0.15) is 0 Å². The number of rotatable bonds is 8. The summed E-state index contributed by atoms with van der Waals surface area (Å²) >= 11 is 0. The largest absolute Gasteiger partial charge is 0.376 e. The Balaban J connectivity index is 1.59. The van der Waals surface area contributed by atoms with Crippen LogP contribution in [0.5, 0.6) is 0 Å². The molecule has 0 atom stereocenters. The van der Waals surface area contributed by atoms with Crippen LogP contribution in [0.25, 0.3) is 0 Å². The van der Waals surface area contributed by atoms with Gasteiger partial charge in [-0.25, -0.2) is 0 Å². The standard InChI is InChI=1S/C26H29N3O2/c1-4-29(22-10-6-5-7-11-22)26(31)20-14-16-21(17-15-20)27-18-25(30)28-24-13-9-8-12-23(24)19(2)3/h5-17,19,27H,4,18H2,1-3H3,(H,28,30). The Hall–Kier alpha value is -3.60. The topological polar surface area (TPSA) is 61.4 Å². The predicted molar refractivity (Wildman–Crippen MR) is 128 cm³/mol. The van der Waals surface area contributed by atoms with Crippen LogP contribution in [0.4, 0.5) is 17.1 Å². The maximum Gasteiger partial charge on any atom is 0.258 e. The van der Waals surface area contributed by atoms with Crippen molar-refractivity contribution in [2.24, 2.45) is 0 Å². The van der Waals surface area contributed by atoms with Crippen molar-refractivity contribution in [2.75, 3.05) is 28.6 Å². The number of carbonyl (C=O) groups excluding carboxylic acids is 2. The molecule has 5 nitrogen and oxygen atoms in total. The molecule has 0 aliphatic rings. The van der Waals surface area contributed by atoms with Crippen molar-refractivity contribution in [2.45, 2.75) is 26.7 Å². The molecule has 0 aliphatic heterocycles. The summed E-state index contributed by atoms with van der Waals surface area (Å²) in [6.45, 7) is 6.88. The van der Waals surface area contributed by atoms with Gasteiger partial charge in [0, 0.05) is 29.2 Å². The van der Waals surface area contributed by atoms with Gasteiger partial charge in [0.15, 0.2) is 0 Å². The predicted octanol–water partition coefficient (Wildman–Crippen LogP) is 5.53. The van der Waals surface area contributed by atoms with Crippen molar-refractivity contribution in [1.82, 2.24) is 0 Å². The first-order valence-corrected chi connectivity index (χ1v) is 10.6. The summed E-state index contributed by atoms with van der Waals surface area (Å²) in [6, 6.07) is 24.7. The van der Waals surface area contributed by atoms with E-state index >= 15 is 0 Å². The van der Waals surface area contributed by atoms with E-state index in [0.29, 0.717) is 18.0 Å². The van der Waals surface area contributed by atoms with Crippen LogP contribution in [0.2, 0.25) is 0 Å². The second kappa shape index (κ2) is 10.4. The molecule has 3 aromatic rings. The van der Waals surface area contributed by atoms with Crippen LogP contribution in [0.3, 0.4) is 0 Å². The average molecular weight is 416 g/mol. The van der Waals surface area contributed by atoms with Gasteiger partial charge in [0.05, 0.1) is 6.54 Å². The van der Waals surface area contributed by atoms with Gasteiger partial charge in [0.25, 0.3) is 5.91 Å². The molecule has 2 amide bonds. The lowest BCUT2D eigenvalue weighted by Crippen LogP contribution is -2.30. The van der Waals surface area contributed by atoms with Crippen molar-refractivity contribution in [3.63, 3.8) is 0 Å². The number of amides is 2. The van der Waals surface area contributed by atoms with E-state index in [0.717, 1.165) is 22.6 Å². The van der Waals surface area contributed by atoms with Crippen molar-refractivity contribution >= 4 is 28.9 Å². The van der Waals surface area contributed by atoms with E-state index in [4.69, 9.17) is 0 Å². The molecule has 0 saturated heterocycles. The van der Waals surface area contributed by atoms with Crippen LogP contribution in [-0.4, -0.2) is 24.9 Å². The Labute approximate surface area is 184 Å². The van der Waals surface area contributed by atoms with Gasteiger partial charge in [-0.2, -0.15) is 0 Å². The lowest BCUT2D eigenvalue weighted by Gasteiger charge is -2.21. The van der Waals surface area contributed by atoms with Gasteiger partial charge in [-0.15, -0.1) is 0 Å². The van der Waals surface area contributed by atoms with Crippen LogP contribution in [0, 0.1) is 0 Å². The SMILES string of the molecule is CCN(C(=O)c1ccc(NCC(=O)Nc2ccccc2C(C)C)cc1)c1ccccc1. The number of anilines is 3. The molecule has 0 unspecified atom stereocenters. The van der Waals surface area contributed by atoms with E-state index in [1.807, 2.05) is 73.7 Å². The van der Waals surface area contributed by atoms with Crippen LogP contribution in [0.1, 0.15) is 42.6 Å². The summed E-state index contributed by atoms with van der Waals surface area (Å²) in [5, 5.41) is 6.09. The highest BCUT2D eigenvalue weighted by molar-refractivity contribution is 6.06. The third-order valence-corrected chi connectivity index (χ3v) is 5.07. The highest BCUT2D eigenvalue weighted by Crippen LogP contribution is 2.23. The molecule has 0 fully saturated rings. The number of nitrogens with zero attached hydrogens (tertiary/aromatic N) is 1. The van der Waals surface area contributed by atoms with E-state index in [1.165, 1.54) is 0 Å². The van der Waals surface area contributed by atoms with Gasteiger partial charge >= 0.3 is 0 Å². The first kappa shape index (κ1) is 22.1. The third-order valence-electron chi connectivity index (χ3n) is 5.07. The zero-order valence-electron chi connectivity index (χ0n) is 18.3. The van der Waals surface area contributed by atoms with Crippen LogP contribution < -0.4 is 15.5 Å². The van der Waals surface area contributed by atoms with Crippen LogP contribution in [0.15, 0.2) is 78.9 Å². The van der Waals surface area contributed by atoms with E-state index < -0.39 is 0 Å². The van der Waals surface area contributed by atoms with Gasteiger partial charge in [-0.1, -0.05) is 50.2 Å². The molecular formula is C26H29N3O2. The molecule has 0 radical (unpaired) electrons. The maximum atomic E-state index is 12.9. The normalized spacial score (nSPS) is 10.6. The summed E-state index contributed by atoms with van der Waals surface area (Å²) in [5.74, 6) is 0.158. The fraction of sp³-hybridized carbons (Fsp3) is 0.231. The molecule has 2 N–H and O–H groups in total. The van der Waals surface area contributed by atoms with E-state index in [-0.39, 0.29) is 18.4 Å². The highest BCUT2D eigenvalue weighted by atomic mass is 16.2. The monoisotopic (exact) mass is 415 g/mol. The first-order chi connectivity index (χ1) is 15.0. The van der Waals surface area contributed by atoms with Crippen molar-refractivity contribution in [3.05, 3.63) is 90.0 Å². The molecule has 0 aromatic heterocycles. The molecule has 0 saturated carbocycles. The summed E-state index contributed by atoms with van der Waals surface area (Å²) in [5.41, 5.74) is 4.21. The smallest absolute Gasteiger partial charge is 0.258 e. The van der Waals surface area contributed by atoms with E-state index in [1.54, 1.807) is 17.0 Å². The molecule has 3 aromatic carbocycles. The number of hydrogen-bond acceptors (Lipinski definition) is 3. The van der Waals surface area contributed by atoms with Gasteiger partial charge in [0.2, 0.25) is 5.91 Å². The molecule has 5 heteroatoms. The molecular weight excluding hydrogens is 386 g/mol. The number of benzene rings is 3. The highest BCUT2D eigenvalue weighted by Gasteiger charge is 2.16. The van der Waals surface area contributed by atoms with Gasteiger partial charge in [-0.3, -0.25) is 9.59 Å². The first-order valence-electron chi connectivity index (χ1n) is 10.6. The fourth-order valence-corrected chi connectivity index (χ4v) is 3.43. The second-order valence-electron chi connectivity index (χ2n) is 7.61. The molecule has 31 heavy (non-hydrogen) atoms. The molecule has 0 spiro atoms. The zero-order valence-corrected chi connectivity index (χ0v) is 18.3. The van der Waals surface area contributed by atoms with Crippen molar-refractivity contribution in [3.8, 4) is 0 Å². The molecule has 0 aliphatic carbocycles. The Morgan fingerprint density at radius 2 is 1.52 bits per heavy atom. The number of carbonyl (C=O) groups is 2. The van der Waals surface area contributed by atoms with Crippen LogP contribution in [-0.2, 0) is 4.79 Å². The Kier molecular flexibility index (Phi) is 7.44. The lowest BCUT2D eigenvalue weighted by molar-refractivity contribution is -0.114. The summed E-state index contributed by atoms with van der Waals surface area (Å²) in [4.78, 5) is 27.0. The summed E-state index contributed by atoms with van der Waals surface area (Å²) in [7, 11) is 0. The average Bonchev–Trinajstić information content (AvgIpc) is 2.79. The third kappa shape index (κ3) is 5.72. The summed E-state index contributed by atoms with van der Waals surface area (Å²) < 4.78 is 0. The number of para-hydroxylation sites is 2. The second-order valence-corrected chi connectivity index (χ2v) is 7.61. The van der Waals surface area contributed by atoms with Crippen molar-refractivity contribution < 1.29 is 9.59 Å². The zero-order chi connectivity index (χ0) is 22.2. The Morgan fingerprint density at radius 1 is 0.871 bits per heavy atom. The lowest BCUT2D eigenvalue weighted by atomic mass is 10.0. The van der Waals surface area contributed by atoms with E-state index in [9.17, 15) is 9.59 Å². The molecule has 3 rings (SSSR count). The number of hydrogen-bond donors (Lipinski definition) is 2.